The summed E-state index contributed by atoms with van der Waals surface area (Å²) < 4.78 is 24.1. The molecule has 108 valence electrons. The van der Waals surface area contributed by atoms with Gasteiger partial charge in [0.15, 0.2) is 0 Å². The van der Waals surface area contributed by atoms with E-state index in [0.29, 0.717) is 37.7 Å². The maximum absolute atomic E-state index is 11.4. The second kappa shape index (κ2) is 6.53. The maximum Gasteiger partial charge on any atom is 0.223 e. The van der Waals surface area contributed by atoms with E-state index in [4.69, 9.17) is 11.5 Å². The molecule has 0 aromatic carbocycles. The van der Waals surface area contributed by atoms with Gasteiger partial charge >= 0.3 is 0 Å². The van der Waals surface area contributed by atoms with Crippen LogP contribution in [-0.4, -0.2) is 48.6 Å². The summed E-state index contributed by atoms with van der Waals surface area (Å²) in [7, 11) is -3.13. The topological polar surface area (TPSA) is 127 Å². The number of nitrogens with one attached hydrogen (secondary N) is 1. The fourth-order valence-electron chi connectivity index (χ4n) is 1.61. The maximum atomic E-state index is 11.4. The minimum atomic E-state index is -3.13. The molecule has 19 heavy (non-hydrogen) atoms. The van der Waals surface area contributed by atoms with Crippen molar-refractivity contribution in [1.82, 2.24) is 14.3 Å². The van der Waals surface area contributed by atoms with Gasteiger partial charge in [0.2, 0.25) is 16.0 Å². The molecule has 0 unspecified atom stereocenters. The molecule has 0 bridgehead atoms. The van der Waals surface area contributed by atoms with Gasteiger partial charge in [0.1, 0.15) is 11.6 Å². The number of rotatable bonds is 7. The Morgan fingerprint density at radius 3 is 2.58 bits per heavy atom. The highest BCUT2D eigenvalue weighted by molar-refractivity contribution is 7.88. The summed E-state index contributed by atoms with van der Waals surface area (Å²) in [5.41, 5.74) is 11.0. The second-order valence-electron chi connectivity index (χ2n) is 4.07. The first-order valence-corrected chi connectivity index (χ1v) is 7.76. The molecule has 1 rings (SSSR count). The number of sulfonamides is 1. The Balaban J connectivity index is 2.42. The largest absolute Gasteiger partial charge is 0.383 e. The molecular weight excluding hydrogens is 268 g/mol. The molecule has 0 aliphatic heterocycles. The van der Waals surface area contributed by atoms with Gasteiger partial charge < -0.3 is 16.8 Å². The van der Waals surface area contributed by atoms with Crippen LogP contribution in [0.25, 0.3) is 0 Å². The van der Waals surface area contributed by atoms with Gasteiger partial charge in [-0.05, 0) is 6.42 Å². The van der Waals surface area contributed by atoms with Crippen LogP contribution in [-0.2, 0) is 10.0 Å². The van der Waals surface area contributed by atoms with Crippen molar-refractivity contribution in [2.75, 3.05) is 42.7 Å². The first-order valence-electron chi connectivity index (χ1n) is 5.92. The van der Waals surface area contributed by atoms with E-state index in [9.17, 15) is 8.42 Å². The Morgan fingerprint density at radius 2 is 2.05 bits per heavy atom. The monoisotopic (exact) mass is 288 g/mol. The molecule has 0 aliphatic rings. The van der Waals surface area contributed by atoms with Crippen LogP contribution in [0.15, 0.2) is 6.07 Å². The Hall–Kier alpha value is -1.61. The van der Waals surface area contributed by atoms with Gasteiger partial charge in [-0.15, -0.1) is 0 Å². The smallest absolute Gasteiger partial charge is 0.223 e. The fraction of sp³-hybridized carbons (Fsp3) is 0.600. The average molecular weight is 288 g/mol. The lowest BCUT2D eigenvalue weighted by Crippen LogP contribution is -2.31. The molecule has 0 atom stereocenters. The molecule has 8 nitrogen and oxygen atoms in total. The standard InChI is InChI=1S/C10H20N6O2S/c1-3-16(19(2,17)18)6-4-5-13-9-7-8(11)14-10(12)15-9/h7H,3-6H2,1-2H3,(H5,11,12,13,14,15). The average Bonchev–Trinajstić information content (AvgIpc) is 2.25. The van der Waals surface area contributed by atoms with Crippen LogP contribution in [0.5, 0.6) is 0 Å². The van der Waals surface area contributed by atoms with E-state index >= 15 is 0 Å². The minimum absolute atomic E-state index is 0.105. The Labute approximate surface area is 113 Å². The Morgan fingerprint density at radius 1 is 1.37 bits per heavy atom. The predicted molar refractivity (Wildman–Crippen MR) is 76.1 cm³/mol. The van der Waals surface area contributed by atoms with Crippen LogP contribution in [0, 0.1) is 0 Å². The Kier molecular flexibility index (Phi) is 5.31. The normalized spacial score (nSPS) is 11.7. The lowest BCUT2D eigenvalue weighted by atomic mass is 10.4. The zero-order chi connectivity index (χ0) is 14.5. The molecule has 0 fully saturated rings. The quantitative estimate of drug-likeness (QED) is 0.589. The van der Waals surface area contributed by atoms with Gasteiger partial charge in [-0.25, -0.2) is 12.7 Å². The lowest BCUT2D eigenvalue weighted by molar-refractivity contribution is 0.428. The summed E-state index contributed by atoms with van der Waals surface area (Å²) in [6, 6.07) is 1.57. The molecule has 1 aromatic rings. The molecule has 0 saturated carbocycles. The fourth-order valence-corrected chi connectivity index (χ4v) is 2.54. The van der Waals surface area contributed by atoms with Crippen molar-refractivity contribution in [3.8, 4) is 0 Å². The van der Waals surface area contributed by atoms with Crippen LogP contribution in [0.3, 0.4) is 0 Å². The molecular formula is C10H20N6O2S. The van der Waals surface area contributed by atoms with Crippen molar-refractivity contribution < 1.29 is 8.42 Å². The minimum Gasteiger partial charge on any atom is -0.383 e. The number of hydrogen-bond acceptors (Lipinski definition) is 7. The van der Waals surface area contributed by atoms with E-state index < -0.39 is 10.0 Å². The number of anilines is 3. The van der Waals surface area contributed by atoms with Crippen LogP contribution in [0.1, 0.15) is 13.3 Å². The van der Waals surface area contributed by atoms with Gasteiger partial charge in [0.05, 0.1) is 6.26 Å². The van der Waals surface area contributed by atoms with E-state index in [1.807, 2.05) is 0 Å². The van der Waals surface area contributed by atoms with Crippen LogP contribution in [0.4, 0.5) is 17.6 Å². The zero-order valence-electron chi connectivity index (χ0n) is 11.1. The predicted octanol–water partition coefficient (Wildman–Crippen LogP) is -0.275. The number of hydrogen-bond donors (Lipinski definition) is 3. The van der Waals surface area contributed by atoms with Crippen molar-refractivity contribution in [3.63, 3.8) is 0 Å². The van der Waals surface area contributed by atoms with Crippen LogP contribution in [0.2, 0.25) is 0 Å². The van der Waals surface area contributed by atoms with Gasteiger partial charge in [-0.2, -0.15) is 9.97 Å². The first-order chi connectivity index (χ1) is 8.82. The summed E-state index contributed by atoms with van der Waals surface area (Å²) in [5, 5.41) is 3.02. The Bertz CT molecular complexity index is 499. The second-order valence-corrected chi connectivity index (χ2v) is 6.05. The number of aromatic nitrogens is 2. The summed E-state index contributed by atoms with van der Waals surface area (Å²) in [5.74, 6) is 0.933. The molecule has 0 spiro atoms. The zero-order valence-corrected chi connectivity index (χ0v) is 11.9. The molecule has 9 heteroatoms. The summed E-state index contributed by atoms with van der Waals surface area (Å²) >= 11 is 0. The molecule has 1 heterocycles. The van der Waals surface area contributed by atoms with E-state index in [-0.39, 0.29) is 5.95 Å². The molecule has 0 radical (unpaired) electrons. The van der Waals surface area contributed by atoms with Crippen molar-refractivity contribution in [2.24, 2.45) is 0 Å². The van der Waals surface area contributed by atoms with Crippen LogP contribution < -0.4 is 16.8 Å². The molecule has 0 saturated heterocycles. The summed E-state index contributed by atoms with van der Waals surface area (Å²) in [6.45, 7) is 3.30. The molecule has 0 amide bonds. The third kappa shape index (κ3) is 5.26. The van der Waals surface area contributed by atoms with Gasteiger partial charge in [-0.3, -0.25) is 0 Å². The third-order valence-corrected chi connectivity index (χ3v) is 3.85. The highest BCUT2D eigenvalue weighted by Crippen LogP contribution is 2.09. The van der Waals surface area contributed by atoms with Crippen molar-refractivity contribution in [3.05, 3.63) is 6.07 Å². The van der Waals surface area contributed by atoms with E-state index in [0.717, 1.165) is 0 Å². The number of nitrogens with zero attached hydrogens (tertiary/aromatic N) is 3. The van der Waals surface area contributed by atoms with E-state index in [1.54, 1.807) is 13.0 Å². The van der Waals surface area contributed by atoms with Gasteiger partial charge in [0.25, 0.3) is 0 Å². The van der Waals surface area contributed by atoms with Gasteiger partial charge in [-0.1, -0.05) is 6.92 Å². The van der Waals surface area contributed by atoms with E-state index in [2.05, 4.69) is 15.3 Å². The van der Waals surface area contributed by atoms with Gasteiger partial charge in [0, 0.05) is 25.7 Å². The molecule has 0 aliphatic carbocycles. The SMILES string of the molecule is CCN(CCCNc1cc(N)nc(N)n1)S(C)(=O)=O. The number of nitrogen functional groups attached to an aromatic ring is 2. The lowest BCUT2D eigenvalue weighted by Gasteiger charge is -2.17. The van der Waals surface area contributed by atoms with E-state index in [1.165, 1.54) is 10.6 Å². The molecule has 5 N–H and O–H groups in total. The highest BCUT2D eigenvalue weighted by atomic mass is 32.2. The summed E-state index contributed by atoms with van der Waals surface area (Å²) in [4.78, 5) is 7.72. The van der Waals surface area contributed by atoms with Crippen molar-refractivity contribution in [2.45, 2.75) is 13.3 Å². The number of nitrogens with two attached hydrogens (primary N) is 2. The van der Waals surface area contributed by atoms with Crippen molar-refractivity contribution >= 4 is 27.6 Å². The van der Waals surface area contributed by atoms with Crippen LogP contribution >= 0.6 is 0 Å². The summed E-state index contributed by atoms with van der Waals surface area (Å²) in [6.07, 6.45) is 1.86. The molecule has 1 aromatic heterocycles. The highest BCUT2D eigenvalue weighted by Gasteiger charge is 2.13. The first kappa shape index (κ1) is 15.4. The van der Waals surface area contributed by atoms with Crippen molar-refractivity contribution in [1.29, 1.82) is 0 Å². The third-order valence-electron chi connectivity index (χ3n) is 2.48.